The number of Topliss-reactive ketones (excluding diaryl/α,β-unsaturated/α-hetero) is 2. The summed E-state index contributed by atoms with van der Waals surface area (Å²) in [6.45, 7) is 0. The molecule has 3 fully saturated rings. The van der Waals surface area contributed by atoms with Crippen LogP contribution in [0, 0.1) is 47.3 Å². The maximum atomic E-state index is 12.8. The summed E-state index contributed by atoms with van der Waals surface area (Å²) < 4.78 is 0. The van der Waals surface area contributed by atoms with Crippen LogP contribution in [0.5, 0.6) is 0 Å². The van der Waals surface area contributed by atoms with Gasteiger partial charge in [-0.05, 0) is 36.5 Å². The maximum Gasteiger partial charge on any atom is 0.141 e. The largest absolute Gasteiger partial charge is 0.299 e. The molecule has 0 radical (unpaired) electrons. The molecule has 8 atom stereocenters. The highest BCUT2D eigenvalue weighted by Crippen LogP contribution is 2.60. The number of rotatable bonds is 0. The van der Waals surface area contributed by atoms with E-state index in [1.165, 1.54) is 0 Å². The maximum absolute atomic E-state index is 12.8. The van der Waals surface area contributed by atoms with E-state index in [9.17, 15) is 9.59 Å². The lowest BCUT2D eigenvalue weighted by atomic mass is 9.60. The van der Waals surface area contributed by atoms with Crippen molar-refractivity contribution in [2.24, 2.45) is 47.3 Å². The van der Waals surface area contributed by atoms with E-state index in [-0.39, 0.29) is 23.7 Å². The first-order valence-corrected chi connectivity index (χ1v) is 7.20. The molecule has 0 N–H and O–H groups in total. The molecule has 0 aromatic heterocycles. The first kappa shape index (κ1) is 9.71. The Bertz CT molecular complexity index is 441. The van der Waals surface area contributed by atoms with Gasteiger partial charge in [0.1, 0.15) is 11.6 Å². The van der Waals surface area contributed by atoms with Gasteiger partial charge in [-0.3, -0.25) is 9.59 Å². The van der Waals surface area contributed by atoms with Crippen molar-refractivity contribution in [3.05, 3.63) is 24.3 Å². The Morgan fingerprint density at radius 3 is 1.17 bits per heavy atom. The SMILES string of the molecule is O=C1[C@@H]2[C@H](C(=O)[C@H]3[C@H]1[C@@H]1C=C[C@H]3C1)[C@@H]1C=C[C@H]2C1. The van der Waals surface area contributed by atoms with Gasteiger partial charge in [-0.1, -0.05) is 24.3 Å². The van der Waals surface area contributed by atoms with Crippen LogP contribution in [0.25, 0.3) is 0 Å². The minimum atomic E-state index is 0.0431. The van der Waals surface area contributed by atoms with Crippen LogP contribution in [0.4, 0.5) is 0 Å². The Labute approximate surface area is 106 Å². The fourth-order valence-electron chi connectivity index (χ4n) is 5.64. The molecule has 5 rings (SSSR count). The van der Waals surface area contributed by atoms with E-state index in [0.717, 1.165) is 12.8 Å². The normalized spacial score (nSPS) is 58.4. The Balaban J connectivity index is 1.65. The summed E-state index contributed by atoms with van der Waals surface area (Å²) in [4.78, 5) is 25.6. The lowest BCUT2D eigenvalue weighted by molar-refractivity contribution is -0.148. The molecular weight excluding hydrogens is 224 g/mol. The lowest BCUT2D eigenvalue weighted by Gasteiger charge is -2.40. The number of allylic oxidation sites excluding steroid dienone is 4. The van der Waals surface area contributed by atoms with Crippen LogP contribution in [0.3, 0.4) is 0 Å². The minimum Gasteiger partial charge on any atom is -0.299 e. The van der Waals surface area contributed by atoms with Gasteiger partial charge < -0.3 is 0 Å². The summed E-state index contributed by atoms with van der Waals surface area (Å²) in [5.74, 6) is 2.53. The summed E-state index contributed by atoms with van der Waals surface area (Å²) in [6.07, 6.45) is 10.9. The zero-order valence-electron chi connectivity index (χ0n) is 10.2. The van der Waals surface area contributed by atoms with Crippen molar-refractivity contribution in [1.82, 2.24) is 0 Å². The van der Waals surface area contributed by atoms with Crippen molar-refractivity contribution in [3.8, 4) is 0 Å². The van der Waals surface area contributed by atoms with Gasteiger partial charge in [0, 0.05) is 23.7 Å². The number of hydrogen-bond acceptors (Lipinski definition) is 2. The third kappa shape index (κ3) is 0.877. The van der Waals surface area contributed by atoms with Gasteiger partial charge in [-0.15, -0.1) is 0 Å². The fourth-order valence-corrected chi connectivity index (χ4v) is 5.64. The third-order valence-corrected chi connectivity index (χ3v) is 6.23. The highest BCUT2D eigenvalue weighted by Gasteiger charge is 2.63. The molecule has 3 saturated carbocycles. The van der Waals surface area contributed by atoms with Crippen LogP contribution in [0.15, 0.2) is 24.3 Å². The highest BCUT2D eigenvalue weighted by molar-refractivity contribution is 6.02. The van der Waals surface area contributed by atoms with Gasteiger partial charge in [0.2, 0.25) is 0 Å². The van der Waals surface area contributed by atoms with Crippen LogP contribution in [0.2, 0.25) is 0 Å². The molecule has 0 spiro atoms. The standard InChI is InChI=1S/C16H16O2/c17-15-11-7-1-2-8(5-7)12(11)16(18)14-10-4-3-9(6-10)13(14)15/h1-4,7-14H,5-6H2/t7-,8+,9+,10-,11-,12-,13+,14-/m1/s1. The average molecular weight is 240 g/mol. The predicted octanol–water partition coefficient (Wildman–Crippen LogP) is 2.01. The van der Waals surface area contributed by atoms with Gasteiger partial charge in [0.05, 0.1) is 0 Å². The fraction of sp³-hybridized carbons (Fsp3) is 0.625. The van der Waals surface area contributed by atoms with E-state index in [4.69, 9.17) is 0 Å². The first-order valence-electron chi connectivity index (χ1n) is 7.20. The van der Waals surface area contributed by atoms with Gasteiger partial charge in [0.25, 0.3) is 0 Å². The molecule has 5 aliphatic carbocycles. The molecule has 0 heterocycles. The number of ketones is 2. The topological polar surface area (TPSA) is 34.1 Å². The molecule has 0 aliphatic heterocycles. The molecule has 0 aromatic rings. The number of carbonyl (C=O) groups is 2. The second-order valence-electron chi connectivity index (χ2n) is 6.80. The van der Waals surface area contributed by atoms with Crippen LogP contribution >= 0.6 is 0 Å². The predicted molar refractivity (Wildman–Crippen MR) is 65.4 cm³/mol. The minimum absolute atomic E-state index is 0.0431. The number of carbonyl (C=O) groups excluding carboxylic acids is 2. The summed E-state index contributed by atoms with van der Waals surface area (Å²) in [5, 5.41) is 0. The van der Waals surface area contributed by atoms with Crippen LogP contribution in [0.1, 0.15) is 12.8 Å². The summed E-state index contributed by atoms with van der Waals surface area (Å²) in [7, 11) is 0. The molecule has 4 bridgehead atoms. The van der Waals surface area contributed by atoms with Crippen LogP contribution < -0.4 is 0 Å². The van der Waals surface area contributed by atoms with Crippen molar-refractivity contribution in [1.29, 1.82) is 0 Å². The van der Waals surface area contributed by atoms with E-state index in [1.54, 1.807) is 0 Å². The smallest absolute Gasteiger partial charge is 0.141 e. The second-order valence-corrected chi connectivity index (χ2v) is 6.80. The average Bonchev–Trinajstić information content (AvgIpc) is 3.10. The summed E-state index contributed by atoms with van der Waals surface area (Å²) >= 11 is 0. The highest BCUT2D eigenvalue weighted by atomic mass is 16.1. The van der Waals surface area contributed by atoms with E-state index in [2.05, 4.69) is 24.3 Å². The lowest BCUT2D eigenvalue weighted by Crippen LogP contribution is -2.50. The Kier molecular flexibility index (Phi) is 1.55. The Morgan fingerprint density at radius 2 is 0.889 bits per heavy atom. The molecular formula is C16H16O2. The van der Waals surface area contributed by atoms with Crippen molar-refractivity contribution in [2.45, 2.75) is 12.8 Å². The monoisotopic (exact) mass is 240 g/mol. The van der Waals surface area contributed by atoms with Gasteiger partial charge >= 0.3 is 0 Å². The molecule has 0 saturated heterocycles. The van der Waals surface area contributed by atoms with E-state index < -0.39 is 0 Å². The zero-order valence-corrected chi connectivity index (χ0v) is 10.2. The van der Waals surface area contributed by atoms with E-state index >= 15 is 0 Å². The molecule has 5 aliphatic rings. The summed E-state index contributed by atoms with van der Waals surface area (Å²) in [6, 6.07) is 0. The zero-order chi connectivity index (χ0) is 12.0. The van der Waals surface area contributed by atoms with Gasteiger partial charge in [-0.25, -0.2) is 0 Å². The van der Waals surface area contributed by atoms with Crippen LogP contribution in [-0.4, -0.2) is 11.6 Å². The Morgan fingerprint density at radius 1 is 0.611 bits per heavy atom. The molecule has 2 heteroatoms. The number of hydrogen-bond donors (Lipinski definition) is 0. The van der Waals surface area contributed by atoms with Gasteiger partial charge in [0.15, 0.2) is 0 Å². The van der Waals surface area contributed by atoms with Crippen molar-refractivity contribution >= 4 is 11.6 Å². The second kappa shape index (κ2) is 2.87. The molecule has 0 aromatic carbocycles. The molecule has 92 valence electrons. The number of fused-ring (bicyclic) bond motifs is 10. The van der Waals surface area contributed by atoms with E-state index in [0.29, 0.717) is 35.2 Å². The first-order chi connectivity index (χ1) is 8.75. The molecule has 0 unspecified atom stereocenters. The van der Waals surface area contributed by atoms with Crippen LogP contribution in [-0.2, 0) is 9.59 Å². The quantitative estimate of drug-likeness (QED) is 0.607. The molecule has 2 nitrogen and oxygen atoms in total. The van der Waals surface area contributed by atoms with Crippen molar-refractivity contribution in [3.63, 3.8) is 0 Å². The van der Waals surface area contributed by atoms with Crippen molar-refractivity contribution in [2.75, 3.05) is 0 Å². The third-order valence-electron chi connectivity index (χ3n) is 6.23. The molecule has 18 heavy (non-hydrogen) atoms. The van der Waals surface area contributed by atoms with Gasteiger partial charge in [-0.2, -0.15) is 0 Å². The Hall–Kier alpha value is -1.18. The molecule has 0 amide bonds. The van der Waals surface area contributed by atoms with Crippen molar-refractivity contribution < 1.29 is 9.59 Å². The summed E-state index contributed by atoms with van der Waals surface area (Å²) in [5.41, 5.74) is 0. The van der Waals surface area contributed by atoms with E-state index in [1.807, 2.05) is 0 Å².